The van der Waals surface area contributed by atoms with Crippen LogP contribution in [0.5, 0.6) is 0 Å². The molecule has 2 heterocycles. The number of benzene rings is 2. The van der Waals surface area contributed by atoms with E-state index in [1.54, 1.807) is 24.5 Å². The zero-order chi connectivity index (χ0) is 19.2. The zero-order valence-electron chi connectivity index (χ0n) is 16.0. The molecular weight excluding hydrogens is 346 g/mol. The number of rotatable bonds is 6. The summed E-state index contributed by atoms with van der Waals surface area (Å²) in [6.07, 6.45) is 5.90. The van der Waals surface area contributed by atoms with Crippen LogP contribution in [-0.2, 0) is 13.1 Å². The molecule has 1 saturated heterocycles. The third-order valence-electron chi connectivity index (χ3n) is 5.27. The van der Waals surface area contributed by atoms with Crippen LogP contribution < -0.4 is 5.32 Å². The van der Waals surface area contributed by atoms with E-state index in [0.29, 0.717) is 12.1 Å². The summed E-state index contributed by atoms with van der Waals surface area (Å²) in [7, 11) is 0. The lowest BCUT2D eigenvalue weighted by atomic mass is 9.98. The van der Waals surface area contributed by atoms with E-state index >= 15 is 0 Å². The molecule has 0 unspecified atom stereocenters. The molecular formula is C24H25N3O. The van der Waals surface area contributed by atoms with Gasteiger partial charge in [-0.1, -0.05) is 48.5 Å². The number of likely N-dealkylation sites (tertiary alicyclic amines) is 1. The van der Waals surface area contributed by atoms with Crippen LogP contribution in [0.4, 0.5) is 0 Å². The fraction of sp³-hybridized carbons (Fsp3) is 0.250. The highest BCUT2D eigenvalue weighted by molar-refractivity contribution is 5.94. The van der Waals surface area contributed by atoms with E-state index in [9.17, 15) is 4.79 Å². The normalized spacial score (nSPS) is 14.1. The lowest BCUT2D eigenvalue weighted by molar-refractivity contribution is 0.0951. The van der Waals surface area contributed by atoms with E-state index in [1.165, 1.54) is 37.1 Å². The number of hydrogen-bond donors (Lipinski definition) is 1. The minimum Gasteiger partial charge on any atom is -0.348 e. The van der Waals surface area contributed by atoms with Crippen molar-refractivity contribution in [2.45, 2.75) is 25.9 Å². The Hall–Kier alpha value is -2.98. The summed E-state index contributed by atoms with van der Waals surface area (Å²) >= 11 is 0. The average Bonchev–Trinajstić information content (AvgIpc) is 3.26. The van der Waals surface area contributed by atoms with Crippen molar-refractivity contribution in [1.29, 1.82) is 0 Å². The average molecular weight is 371 g/mol. The highest BCUT2D eigenvalue weighted by Crippen LogP contribution is 2.25. The fourth-order valence-corrected chi connectivity index (χ4v) is 3.73. The predicted octanol–water partition coefficient (Wildman–Crippen LogP) is 4.27. The molecule has 1 aromatic heterocycles. The SMILES string of the molecule is O=C(NCc1ccccc1-c1ccc(CN2CCCC2)cc1)c1ccncc1. The van der Waals surface area contributed by atoms with Gasteiger partial charge in [-0.2, -0.15) is 0 Å². The van der Waals surface area contributed by atoms with Gasteiger partial charge in [0.25, 0.3) is 5.91 Å². The standard InChI is InChI=1S/C24H25N3O/c28-24(21-11-13-25-14-12-21)26-17-22-5-1-2-6-23(22)20-9-7-19(8-10-20)18-27-15-3-4-16-27/h1-2,5-14H,3-4,15-18H2,(H,26,28). The number of aromatic nitrogens is 1. The Morgan fingerprint density at radius 2 is 1.64 bits per heavy atom. The van der Waals surface area contributed by atoms with Gasteiger partial charge in [-0.05, 0) is 60.3 Å². The molecule has 28 heavy (non-hydrogen) atoms. The van der Waals surface area contributed by atoms with Crippen LogP contribution >= 0.6 is 0 Å². The Morgan fingerprint density at radius 3 is 2.39 bits per heavy atom. The van der Waals surface area contributed by atoms with E-state index in [4.69, 9.17) is 0 Å². The van der Waals surface area contributed by atoms with E-state index < -0.39 is 0 Å². The third kappa shape index (κ3) is 4.46. The molecule has 0 saturated carbocycles. The van der Waals surface area contributed by atoms with Crippen molar-refractivity contribution in [2.75, 3.05) is 13.1 Å². The lowest BCUT2D eigenvalue weighted by Crippen LogP contribution is -2.23. The van der Waals surface area contributed by atoms with Gasteiger partial charge < -0.3 is 5.32 Å². The van der Waals surface area contributed by atoms with Crippen molar-refractivity contribution in [3.8, 4) is 11.1 Å². The van der Waals surface area contributed by atoms with Gasteiger partial charge in [0.05, 0.1) is 0 Å². The molecule has 142 valence electrons. The molecule has 1 N–H and O–H groups in total. The topological polar surface area (TPSA) is 45.2 Å². The second-order valence-electron chi connectivity index (χ2n) is 7.26. The minimum absolute atomic E-state index is 0.0850. The van der Waals surface area contributed by atoms with Gasteiger partial charge in [0.2, 0.25) is 0 Å². The van der Waals surface area contributed by atoms with Crippen LogP contribution in [0.15, 0.2) is 73.1 Å². The Bertz CT molecular complexity index is 916. The van der Waals surface area contributed by atoms with Crippen LogP contribution in [0.3, 0.4) is 0 Å². The molecule has 0 bridgehead atoms. The van der Waals surface area contributed by atoms with Gasteiger partial charge in [0.15, 0.2) is 0 Å². The lowest BCUT2D eigenvalue weighted by Gasteiger charge is -2.15. The highest BCUT2D eigenvalue weighted by atomic mass is 16.1. The molecule has 0 spiro atoms. The summed E-state index contributed by atoms with van der Waals surface area (Å²) in [5, 5.41) is 3.01. The Labute approximate surface area is 166 Å². The van der Waals surface area contributed by atoms with Crippen LogP contribution in [0.25, 0.3) is 11.1 Å². The number of hydrogen-bond acceptors (Lipinski definition) is 3. The number of amides is 1. The first-order valence-electron chi connectivity index (χ1n) is 9.87. The number of carbonyl (C=O) groups is 1. The fourth-order valence-electron chi connectivity index (χ4n) is 3.73. The summed E-state index contributed by atoms with van der Waals surface area (Å²) in [5.74, 6) is -0.0850. The third-order valence-corrected chi connectivity index (χ3v) is 5.27. The maximum atomic E-state index is 12.3. The number of pyridine rings is 1. The second kappa shape index (κ2) is 8.81. The summed E-state index contributed by atoms with van der Waals surface area (Å²) < 4.78 is 0. The molecule has 2 aromatic carbocycles. The first-order chi connectivity index (χ1) is 13.8. The molecule has 0 radical (unpaired) electrons. The molecule has 1 aliphatic rings. The summed E-state index contributed by atoms with van der Waals surface area (Å²) in [4.78, 5) is 18.8. The first-order valence-corrected chi connectivity index (χ1v) is 9.87. The van der Waals surface area contributed by atoms with Gasteiger partial charge in [0.1, 0.15) is 0 Å². The van der Waals surface area contributed by atoms with Gasteiger partial charge >= 0.3 is 0 Å². The van der Waals surface area contributed by atoms with E-state index in [-0.39, 0.29) is 5.91 Å². The highest BCUT2D eigenvalue weighted by Gasteiger charge is 2.12. The van der Waals surface area contributed by atoms with Crippen molar-refractivity contribution in [2.24, 2.45) is 0 Å². The Morgan fingerprint density at radius 1 is 0.929 bits per heavy atom. The molecule has 0 atom stereocenters. The minimum atomic E-state index is -0.0850. The van der Waals surface area contributed by atoms with Crippen LogP contribution in [-0.4, -0.2) is 28.9 Å². The van der Waals surface area contributed by atoms with Crippen molar-refractivity contribution < 1.29 is 4.79 Å². The van der Waals surface area contributed by atoms with Gasteiger partial charge in [-0.15, -0.1) is 0 Å². The van der Waals surface area contributed by atoms with Crippen molar-refractivity contribution >= 4 is 5.91 Å². The Kier molecular flexibility index (Phi) is 5.78. The predicted molar refractivity (Wildman–Crippen MR) is 112 cm³/mol. The quantitative estimate of drug-likeness (QED) is 0.704. The monoisotopic (exact) mass is 371 g/mol. The summed E-state index contributed by atoms with van der Waals surface area (Å²) in [5.41, 5.74) is 5.43. The van der Waals surface area contributed by atoms with Crippen molar-refractivity contribution in [3.63, 3.8) is 0 Å². The maximum absolute atomic E-state index is 12.3. The van der Waals surface area contributed by atoms with E-state index in [0.717, 1.165) is 17.7 Å². The molecule has 4 rings (SSSR count). The van der Waals surface area contributed by atoms with E-state index in [1.807, 2.05) is 12.1 Å². The number of carbonyl (C=O) groups excluding carboxylic acids is 1. The van der Waals surface area contributed by atoms with Crippen LogP contribution in [0, 0.1) is 0 Å². The smallest absolute Gasteiger partial charge is 0.251 e. The van der Waals surface area contributed by atoms with E-state index in [2.05, 4.69) is 51.6 Å². The second-order valence-corrected chi connectivity index (χ2v) is 7.26. The largest absolute Gasteiger partial charge is 0.348 e. The molecule has 1 amide bonds. The molecule has 1 fully saturated rings. The zero-order valence-corrected chi connectivity index (χ0v) is 16.0. The molecule has 4 heteroatoms. The van der Waals surface area contributed by atoms with Gasteiger partial charge in [-0.25, -0.2) is 0 Å². The molecule has 1 aliphatic heterocycles. The van der Waals surface area contributed by atoms with Crippen LogP contribution in [0.2, 0.25) is 0 Å². The Balaban J connectivity index is 1.45. The van der Waals surface area contributed by atoms with Crippen molar-refractivity contribution in [1.82, 2.24) is 15.2 Å². The summed E-state index contributed by atoms with van der Waals surface area (Å²) in [6, 6.07) is 20.5. The number of nitrogens with one attached hydrogen (secondary N) is 1. The van der Waals surface area contributed by atoms with Crippen LogP contribution in [0.1, 0.15) is 34.3 Å². The van der Waals surface area contributed by atoms with Crippen molar-refractivity contribution in [3.05, 3.63) is 89.7 Å². The maximum Gasteiger partial charge on any atom is 0.251 e. The molecule has 3 aromatic rings. The van der Waals surface area contributed by atoms with Gasteiger partial charge in [-0.3, -0.25) is 14.7 Å². The molecule has 4 nitrogen and oxygen atoms in total. The summed E-state index contributed by atoms with van der Waals surface area (Å²) in [6.45, 7) is 3.94. The number of nitrogens with zero attached hydrogens (tertiary/aromatic N) is 2. The van der Waals surface area contributed by atoms with Gasteiger partial charge in [0, 0.05) is 31.0 Å². The first kappa shape index (κ1) is 18.4. The molecule has 0 aliphatic carbocycles.